The topological polar surface area (TPSA) is 65.2 Å². The first kappa shape index (κ1) is 10.6. The maximum atomic E-state index is 12.0. The monoisotopic (exact) mass is 238 g/mol. The van der Waals surface area contributed by atoms with Gasteiger partial charge in [-0.1, -0.05) is 0 Å². The molecule has 2 aromatic rings. The molecule has 0 aliphatic rings. The molecule has 0 aromatic carbocycles. The number of hydrogen-bond acceptors (Lipinski definition) is 5. The minimum absolute atomic E-state index is 0.0257. The third kappa shape index (κ3) is 1.77. The van der Waals surface area contributed by atoms with Crippen molar-refractivity contribution in [3.8, 4) is 5.88 Å². The van der Waals surface area contributed by atoms with Crippen LogP contribution in [0.15, 0.2) is 29.1 Å². The quantitative estimate of drug-likeness (QED) is 0.765. The molecule has 0 amide bonds. The lowest BCUT2D eigenvalue weighted by Gasteiger charge is -2.03. The van der Waals surface area contributed by atoms with Gasteiger partial charge < -0.3 is 9.15 Å². The Balaban J connectivity index is 2.46. The van der Waals surface area contributed by atoms with Crippen molar-refractivity contribution in [2.75, 3.05) is 7.11 Å². The lowest BCUT2D eigenvalue weighted by atomic mass is 10.1. The van der Waals surface area contributed by atoms with Crippen LogP contribution in [0.4, 0.5) is 0 Å². The molecule has 5 nitrogen and oxygen atoms in total. The molecule has 82 valence electrons. The van der Waals surface area contributed by atoms with Crippen molar-refractivity contribution in [2.24, 2.45) is 0 Å². The van der Waals surface area contributed by atoms with E-state index in [1.165, 1.54) is 31.8 Å². The summed E-state index contributed by atoms with van der Waals surface area (Å²) in [5, 5.41) is 0.0257. The van der Waals surface area contributed by atoms with E-state index in [-0.39, 0.29) is 28.1 Å². The molecule has 0 spiro atoms. The number of carbonyl (C=O) groups is 1. The molecule has 0 saturated carbocycles. The highest BCUT2D eigenvalue weighted by Crippen LogP contribution is 2.22. The number of methoxy groups -OCH3 is 1. The van der Waals surface area contributed by atoms with Gasteiger partial charge in [0.25, 0.3) is 0 Å². The summed E-state index contributed by atoms with van der Waals surface area (Å²) in [5.41, 5.74) is 0.341. The number of aromatic nitrogens is 2. The summed E-state index contributed by atoms with van der Waals surface area (Å²) in [4.78, 5) is 19.8. The average molecular weight is 239 g/mol. The van der Waals surface area contributed by atoms with Gasteiger partial charge in [-0.05, 0) is 17.7 Å². The second-order valence-corrected chi connectivity index (χ2v) is 3.19. The summed E-state index contributed by atoms with van der Waals surface area (Å²) >= 11 is 5.70. The fourth-order valence-corrected chi connectivity index (χ4v) is 1.41. The van der Waals surface area contributed by atoms with Crippen molar-refractivity contribution in [3.05, 3.63) is 41.2 Å². The number of furan rings is 1. The fourth-order valence-electron chi connectivity index (χ4n) is 1.21. The zero-order valence-electron chi connectivity index (χ0n) is 8.31. The van der Waals surface area contributed by atoms with Gasteiger partial charge in [-0.3, -0.25) is 4.79 Å². The Morgan fingerprint density at radius 1 is 1.44 bits per heavy atom. The largest absolute Gasteiger partial charge is 0.479 e. The van der Waals surface area contributed by atoms with Crippen LogP contribution in [0.25, 0.3) is 0 Å². The molecule has 0 bridgehead atoms. The van der Waals surface area contributed by atoms with Crippen LogP contribution in [0.2, 0.25) is 5.22 Å². The lowest BCUT2D eigenvalue weighted by molar-refractivity contribution is 0.103. The number of ketones is 1. The van der Waals surface area contributed by atoms with Gasteiger partial charge in [-0.15, -0.1) is 0 Å². The summed E-state index contributed by atoms with van der Waals surface area (Å²) in [6.07, 6.45) is 4.18. The zero-order valence-corrected chi connectivity index (χ0v) is 9.06. The molecule has 2 aromatic heterocycles. The van der Waals surface area contributed by atoms with Crippen LogP contribution in [0.3, 0.4) is 0 Å². The van der Waals surface area contributed by atoms with Gasteiger partial charge in [0.05, 0.1) is 18.9 Å². The van der Waals surface area contributed by atoms with Crippen molar-refractivity contribution in [1.29, 1.82) is 0 Å². The number of hydrogen-bond donors (Lipinski definition) is 0. The Bertz CT molecular complexity index is 524. The second kappa shape index (κ2) is 4.32. The maximum Gasteiger partial charge on any atom is 0.243 e. The Kier molecular flexibility index (Phi) is 2.87. The van der Waals surface area contributed by atoms with E-state index in [0.717, 1.165) is 0 Å². The van der Waals surface area contributed by atoms with Gasteiger partial charge in [0, 0.05) is 12.4 Å². The molecule has 0 radical (unpaired) electrons. The molecule has 0 atom stereocenters. The Morgan fingerprint density at radius 2 is 2.19 bits per heavy atom. The standard InChI is InChI=1S/C10H7ClN2O3/c1-15-10-7(12-3-4-13-10)8(14)6-2-5-16-9(6)11/h2-5H,1H3. The van der Waals surface area contributed by atoms with Crippen LogP contribution in [-0.4, -0.2) is 22.9 Å². The van der Waals surface area contributed by atoms with Crippen molar-refractivity contribution < 1.29 is 13.9 Å². The minimum Gasteiger partial charge on any atom is -0.479 e. The van der Waals surface area contributed by atoms with E-state index in [2.05, 4.69) is 9.97 Å². The van der Waals surface area contributed by atoms with E-state index in [9.17, 15) is 4.79 Å². The molecule has 2 heterocycles. The van der Waals surface area contributed by atoms with Crippen LogP contribution >= 0.6 is 11.6 Å². The third-order valence-electron chi connectivity index (χ3n) is 1.94. The van der Waals surface area contributed by atoms with E-state index in [1.54, 1.807) is 0 Å². The molecule has 0 saturated heterocycles. The Hall–Kier alpha value is -1.88. The highest BCUT2D eigenvalue weighted by molar-refractivity contribution is 6.33. The second-order valence-electron chi connectivity index (χ2n) is 2.85. The van der Waals surface area contributed by atoms with Crippen LogP contribution in [0, 0.1) is 0 Å². The van der Waals surface area contributed by atoms with Crippen LogP contribution in [0.5, 0.6) is 5.88 Å². The summed E-state index contributed by atoms with van der Waals surface area (Å²) in [6.45, 7) is 0. The average Bonchev–Trinajstić information content (AvgIpc) is 2.74. The Labute approximate surface area is 96.0 Å². The van der Waals surface area contributed by atoms with Gasteiger partial charge in [0.1, 0.15) is 0 Å². The predicted octanol–water partition coefficient (Wildman–Crippen LogP) is 1.96. The van der Waals surface area contributed by atoms with E-state index in [1.807, 2.05) is 0 Å². The van der Waals surface area contributed by atoms with Crippen LogP contribution in [-0.2, 0) is 0 Å². The maximum absolute atomic E-state index is 12.0. The van der Waals surface area contributed by atoms with E-state index in [4.69, 9.17) is 20.8 Å². The first-order chi connectivity index (χ1) is 7.74. The van der Waals surface area contributed by atoms with Crippen LogP contribution < -0.4 is 4.74 Å². The summed E-state index contributed by atoms with van der Waals surface area (Å²) in [6, 6.07) is 1.47. The summed E-state index contributed by atoms with van der Waals surface area (Å²) in [5.74, 6) is -0.228. The van der Waals surface area contributed by atoms with Gasteiger partial charge in [0.15, 0.2) is 5.69 Å². The predicted molar refractivity (Wildman–Crippen MR) is 55.7 cm³/mol. The Morgan fingerprint density at radius 3 is 2.81 bits per heavy atom. The molecular formula is C10H7ClN2O3. The van der Waals surface area contributed by atoms with Crippen molar-refractivity contribution in [2.45, 2.75) is 0 Å². The number of carbonyl (C=O) groups excluding carboxylic acids is 1. The molecule has 16 heavy (non-hydrogen) atoms. The fraction of sp³-hybridized carbons (Fsp3) is 0.100. The number of halogens is 1. The van der Waals surface area contributed by atoms with Gasteiger partial charge in [-0.25, -0.2) is 9.97 Å². The van der Waals surface area contributed by atoms with Gasteiger partial charge in [0.2, 0.25) is 16.9 Å². The molecule has 0 N–H and O–H groups in total. The molecule has 6 heteroatoms. The number of rotatable bonds is 3. The summed E-state index contributed by atoms with van der Waals surface area (Å²) in [7, 11) is 1.41. The number of nitrogens with zero attached hydrogens (tertiary/aromatic N) is 2. The highest BCUT2D eigenvalue weighted by atomic mass is 35.5. The molecule has 0 unspecified atom stereocenters. The van der Waals surface area contributed by atoms with E-state index >= 15 is 0 Å². The molecule has 2 rings (SSSR count). The first-order valence-electron chi connectivity index (χ1n) is 4.36. The smallest absolute Gasteiger partial charge is 0.243 e. The molecule has 0 fully saturated rings. The SMILES string of the molecule is COc1nccnc1C(=O)c1ccoc1Cl. The lowest BCUT2D eigenvalue weighted by Crippen LogP contribution is -2.07. The van der Waals surface area contributed by atoms with Crippen molar-refractivity contribution in [1.82, 2.24) is 9.97 Å². The van der Waals surface area contributed by atoms with E-state index < -0.39 is 0 Å². The highest BCUT2D eigenvalue weighted by Gasteiger charge is 2.20. The first-order valence-corrected chi connectivity index (χ1v) is 4.74. The summed E-state index contributed by atoms with van der Waals surface area (Å²) < 4.78 is 9.77. The normalized spacial score (nSPS) is 10.1. The molecular weight excluding hydrogens is 232 g/mol. The van der Waals surface area contributed by atoms with Gasteiger partial charge >= 0.3 is 0 Å². The van der Waals surface area contributed by atoms with E-state index in [0.29, 0.717) is 0 Å². The molecule has 0 aliphatic carbocycles. The zero-order chi connectivity index (χ0) is 11.5. The van der Waals surface area contributed by atoms with Gasteiger partial charge in [-0.2, -0.15) is 0 Å². The van der Waals surface area contributed by atoms with Crippen LogP contribution in [0.1, 0.15) is 16.1 Å². The minimum atomic E-state index is -0.385. The van der Waals surface area contributed by atoms with Crippen molar-refractivity contribution >= 4 is 17.4 Å². The number of ether oxygens (including phenoxy) is 1. The van der Waals surface area contributed by atoms with Crippen molar-refractivity contribution in [3.63, 3.8) is 0 Å². The molecule has 0 aliphatic heterocycles. The third-order valence-corrected chi connectivity index (χ3v) is 2.23.